The summed E-state index contributed by atoms with van der Waals surface area (Å²) in [6, 6.07) is 0. The van der Waals surface area contributed by atoms with Gasteiger partial charge in [0.1, 0.15) is 6.61 Å². The van der Waals surface area contributed by atoms with Crippen LogP contribution in [0.25, 0.3) is 0 Å². The zero-order valence-corrected chi connectivity index (χ0v) is 46.4. The molecule has 0 radical (unpaired) electrons. The van der Waals surface area contributed by atoms with Gasteiger partial charge in [-0.15, -0.1) is 0 Å². The molecule has 0 heterocycles. The number of hydrogen-bond acceptors (Lipinski definition) is 5. The van der Waals surface area contributed by atoms with E-state index in [1.54, 1.807) is 0 Å². The Hall–Kier alpha value is -1.62. The van der Waals surface area contributed by atoms with Crippen LogP contribution in [0.5, 0.6) is 0 Å². The topological polar surface area (TPSA) is 61.8 Å². The van der Waals surface area contributed by atoms with Gasteiger partial charge in [0.15, 0.2) is 6.10 Å². The Bertz CT molecular complexity index is 1040. The van der Waals surface area contributed by atoms with Crippen LogP contribution in [0.1, 0.15) is 342 Å². The van der Waals surface area contributed by atoms with Gasteiger partial charge in [-0.05, 0) is 51.4 Å². The van der Waals surface area contributed by atoms with Crippen molar-refractivity contribution >= 4 is 11.9 Å². The molecule has 0 N–H and O–H groups in total. The van der Waals surface area contributed by atoms with Gasteiger partial charge in [-0.2, -0.15) is 0 Å². The van der Waals surface area contributed by atoms with Gasteiger partial charge >= 0.3 is 11.9 Å². The van der Waals surface area contributed by atoms with E-state index >= 15 is 0 Å². The summed E-state index contributed by atoms with van der Waals surface area (Å²) in [7, 11) is 0. The van der Waals surface area contributed by atoms with Crippen molar-refractivity contribution in [2.45, 2.75) is 348 Å². The van der Waals surface area contributed by atoms with Gasteiger partial charge in [0, 0.05) is 19.4 Å². The van der Waals surface area contributed by atoms with E-state index in [1.165, 1.54) is 270 Å². The van der Waals surface area contributed by atoms with Gasteiger partial charge in [0.05, 0.1) is 6.61 Å². The number of allylic oxidation sites excluding steroid dienone is 4. The lowest BCUT2D eigenvalue weighted by molar-refractivity contribution is -0.163. The minimum absolute atomic E-state index is 0.0918. The fraction of sp³-hybridized carbons (Fsp3) is 0.905. The largest absolute Gasteiger partial charge is 0.462 e. The van der Waals surface area contributed by atoms with Gasteiger partial charge < -0.3 is 14.2 Å². The summed E-state index contributed by atoms with van der Waals surface area (Å²) in [6.45, 7) is 7.89. The highest BCUT2D eigenvalue weighted by atomic mass is 16.6. The normalized spacial score (nSPS) is 12.2. The van der Waals surface area contributed by atoms with E-state index in [1.807, 2.05) is 0 Å². The van der Waals surface area contributed by atoms with Crippen LogP contribution in [0.15, 0.2) is 24.3 Å². The maximum absolute atomic E-state index is 12.9. The Balaban J connectivity index is 4.20. The monoisotopic (exact) mass is 957 g/mol. The number of carbonyl (C=O) groups is 2. The zero-order chi connectivity index (χ0) is 49.2. The second kappa shape index (κ2) is 59.7. The smallest absolute Gasteiger partial charge is 0.306 e. The van der Waals surface area contributed by atoms with Crippen LogP contribution in [0.2, 0.25) is 0 Å². The van der Waals surface area contributed by atoms with Gasteiger partial charge in [-0.3, -0.25) is 9.59 Å². The third-order valence-electron chi connectivity index (χ3n) is 14.0. The van der Waals surface area contributed by atoms with Gasteiger partial charge in [-0.25, -0.2) is 0 Å². The first-order valence-electron chi connectivity index (χ1n) is 30.9. The van der Waals surface area contributed by atoms with Crippen LogP contribution < -0.4 is 0 Å². The van der Waals surface area contributed by atoms with Crippen molar-refractivity contribution in [3.63, 3.8) is 0 Å². The molecule has 0 spiro atoms. The summed E-state index contributed by atoms with van der Waals surface area (Å²) >= 11 is 0. The molecule has 0 aliphatic heterocycles. The van der Waals surface area contributed by atoms with Gasteiger partial charge in [-0.1, -0.05) is 302 Å². The first-order valence-corrected chi connectivity index (χ1v) is 30.9. The molecule has 1 atom stereocenters. The van der Waals surface area contributed by atoms with E-state index < -0.39 is 6.10 Å². The maximum Gasteiger partial charge on any atom is 0.306 e. The van der Waals surface area contributed by atoms with Gasteiger partial charge in [0.2, 0.25) is 0 Å². The van der Waals surface area contributed by atoms with Crippen molar-refractivity contribution in [3.05, 3.63) is 24.3 Å². The first-order chi connectivity index (χ1) is 33.6. The molecule has 402 valence electrons. The molecule has 0 saturated heterocycles. The standard InChI is InChI=1S/C63H120O5/c1-4-7-10-13-16-19-22-25-28-30-32-33-36-38-41-44-47-50-53-56-62(64)67-60-61(68-63(65)57-54-51-48-45-42-39-35-27-24-21-18-15-12-9-6-3)59-66-58-55-52-49-46-43-40-37-34-31-29-26-23-20-17-14-11-8-5-2/h16,19,25,28,61H,4-15,17-18,20-24,26-27,29-60H2,1-3H3/b19-16-,28-25-. The Morgan fingerprint density at radius 3 is 1.00 bits per heavy atom. The van der Waals surface area contributed by atoms with E-state index in [0.717, 1.165) is 38.5 Å². The molecule has 0 rings (SSSR count). The minimum atomic E-state index is -0.531. The van der Waals surface area contributed by atoms with E-state index in [-0.39, 0.29) is 18.5 Å². The zero-order valence-electron chi connectivity index (χ0n) is 46.4. The Morgan fingerprint density at radius 2 is 0.618 bits per heavy atom. The molecule has 5 nitrogen and oxygen atoms in total. The summed E-state index contributed by atoms with van der Waals surface area (Å²) in [4.78, 5) is 25.6. The van der Waals surface area contributed by atoms with Crippen molar-refractivity contribution in [1.29, 1.82) is 0 Å². The molecule has 0 aromatic heterocycles. The van der Waals surface area contributed by atoms with Crippen LogP contribution >= 0.6 is 0 Å². The molecule has 0 amide bonds. The molecule has 0 bridgehead atoms. The number of carbonyl (C=O) groups excluding carboxylic acids is 2. The predicted octanol–water partition coefficient (Wildman–Crippen LogP) is 21.1. The number of ether oxygens (including phenoxy) is 3. The highest BCUT2D eigenvalue weighted by Gasteiger charge is 2.18. The van der Waals surface area contributed by atoms with Crippen molar-refractivity contribution in [2.24, 2.45) is 0 Å². The highest BCUT2D eigenvalue weighted by Crippen LogP contribution is 2.17. The molecule has 0 aliphatic rings. The molecule has 0 saturated carbocycles. The lowest BCUT2D eigenvalue weighted by atomic mass is 10.0. The summed E-state index contributed by atoms with van der Waals surface area (Å²) < 4.78 is 17.5. The fourth-order valence-electron chi connectivity index (χ4n) is 9.37. The van der Waals surface area contributed by atoms with Crippen molar-refractivity contribution in [3.8, 4) is 0 Å². The first kappa shape index (κ1) is 66.4. The van der Waals surface area contributed by atoms with Gasteiger partial charge in [0.25, 0.3) is 0 Å². The average Bonchev–Trinajstić information content (AvgIpc) is 3.34. The molecule has 0 aromatic rings. The molecule has 0 fully saturated rings. The summed E-state index contributed by atoms with van der Waals surface area (Å²) in [5, 5.41) is 0. The van der Waals surface area contributed by atoms with Crippen molar-refractivity contribution in [2.75, 3.05) is 19.8 Å². The second-order valence-corrected chi connectivity index (χ2v) is 21.0. The number of esters is 2. The maximum atomic E-state index is 12.9. The third kappa shape index (κ3) is 57.0. The van der Waals surface area contributed by atoms with Crippen LogP contribution in [0, 0.1) is 0 Å². The molecule has 68 heavy (non-hydrogen) atoms. The van der Waals surface area contributed by atoms with Crippen LogP contribution in [-0.4, -0.2) is 37.9 Å². The van der Waals surface area contributed by atoms with E-state index in [2.05, 4.69) is 45.1 Å². The molecule has 5 heteroatoms. The minimum Gasteiger partial charge on any atom is -0.462 e. The molecular formula is C63H120O5. The number of rotatable bonds is 58. The number of unbranched alkanes of at least 4 members (excludes halogenated alkanes) is 43. The summed E-state index contributed by atoms with van der Waals surface area (Å²) in [5.74, 6) is -0.375. The van der Waals surface area contributed by atoms with Crippen LogP contribution in [-0.2, 0) is 23.8 Å². The summed E-state index contributed by atoms with van der Waals surface area (Å²) in [5.41, 5.74) is 0. The van der Waals surface area contributed by atoms with Crippen molar-refractivity contribution in [1.82, 2.24) is 0 Å². The third-order valence-corrected chi connectivity index (χ3v) is 14.0. The molecule has 0 aromatic carbocycles. The predicted molar refractivity (Wildman–Crippen MR) is 298 cm³/mol. The van der Waals surface area contributed by atoms with Crippen LogP contribution in [0.3, 0.4) is 0 Å². The summed E-state index contributed by atoms with van der Waals surface area (Å²) in [6.07, 6.45) is 72.0. The second-order valence-electron chi connectivity index (χ2n) is 21.0. The quantitative estimate of drug-likeness (QED) is 0.0345. The molecule has 0 aliphatic carbocycles. The lowest BCUT2D eigenvalue weighted by Gasteiger charge is -2.18. The lowest BCUT2D eigenvalue weighted by Crippen LogP contribution is -2.30. The Morgan fingerprint density at radius 1 is 0.324 bits per heavy atom. The van der Waals surface area contributed by atoms with E-state index in [4.69, 9.17) is 14.2 Å². The highest BCUT2D eigenvalue weighted by molar-refractivity contribution is 5.70. The Kier molecular flexibility index (Phi) is 58.3. The van der Waals surface area contributed by atoms with Crippen LogP contribution in [0.4, 0.5) is 0 Å². The van der Waals surface area contributed by atoms with E-state index in [0.29, 0.717) is 26.1 Å². The Labute approximate surface area is 426 Å². The average molecular weight is 958 g/mol. The van der Waals surface area contributed by atoms with Crippen molar-refractivity contribution < 1.29 is 23.8 Å². The van der Waals surface area contributed by atoms with E-state index in [9.17, 15) is 9.59 Å². The SMILES string of the molecule is CCCCC/C=C\C/C=C\CCCCCCCCCCCC(=O)OCC(COCCCCCCCCCCCCCCCCCCCC)OC(=O)CCCCCCCCCCCCCCCCC. The fourth-order valence-corrected chi connectivity index (χ4v) is 9.37. The molecular weight excluding hydrogens is 837 g/mol. The molecule has 1 unspecified atom stereocenters. The number of hydrogen-bond donors (Lipinski definition) is 0.